The van der Waals surface area contributed by atoms with Gasteiger partial charge in [0, 0.05) is 18.0 Å². The standard InChI is InChI=1S/C12H12Cl2N2O3/c13-10-3-7-6(12(14)15-10)1-2-16(7)11-4-8(18)9(5-17)19-11/h1-3,8-9,11,17-18H,4-5H2/t8-,9+,11-/m0/s1. The maximum absolute atomic E-state index is 9.78. The van der Waals surface area contributed by atoms with Crippen LogP contribution in [0.5, 0.6) is 0 Å². The Balaban J connectivity index is 2.02. The molecule has 0 amide bonds. The van der Waals surface area contributed by atoms with Gasteiger partial charge in [0.05, 0.1) is 18.2 Å². The van der Waals surface area contributed by atoms with Crippen molar-refractivity contribution in [3.05, 3.63) is 28.6 Å². The van der Waals surface area contributed by atoms with E-state index in [1.807, 2.05) is 16.8 Å². The summed E-state index contributed by atoms with van der Waals surface area (Å²) in [4.78, 5) is 3.98. The first-order chi connectivity index (χ1) is 9.10. The van der Waals surface area contributed by atoms with Gasteiger partial charge in [0.15, 0.2) is 0 Å². The summed E-state index contributed by atoms with van der Waals surface area (Å²) in [7, 11) is 0. The van der Waals surface area contributed by atoms with Crippen LogP contribution in [0, 0.1) is 0 Å². The molecule has 1 saturated heterocycles. The predicted octanol–water partition coefficient (Wildman–Crippen LogP) is 1.98. The molecule has 3 atom stereocenters. The molecule has 1 aliphatic heterocycles. The second-order valence-electron chi connectivity index (χ2n) is 4.51. The number of aliphatic hydroxyl groups excluding tert-OH is 2. The van der Waals surface area contributed by atoms with E-state index < -0.39 is 12.2 Å². The van der Waals surface area contributed by atoms with Gasteiger partial charge in [-0.2, -0.15) is 0 Å². The quantitative estimate of drug-likeness (QED) is 0.833. The fourth-order valence-electron chi connectivity index (χ4n) is 2.39. The Bertz CT molecular complexity index is 616. The van der Waals surface area contributed by atoms with E-state index >= 15 is 0 Å². The Morgan fingerprint density at radius 2 is 2.26 bits per heavy atom. The SMILES string of the molecule is OC[C@H]1O[C@H](n2ccc3c(Cl)nc(Cl)cc32)C[C@@H]1O. The monoisotopic (exact) mass is 302 g/mol. The summed E-state index contributed by atoms with van der Waals surface area (Å²) in [5.41, 5.74) is 0.792. The van der Waals surface area contributed by atoms with Crippen LogP contribution in [-0.4, -0.2) is 38.6 Å². The van der Waals surface area contributed by atoms with Crippen molar-refractivity contribution in [2.24, 2.45) is 0 Å². The minimum Gasteiger partial charge on any atom is -0.394 e. The molecule has 2 N–H and O–H groups in total. The Labute approximate surface area is 119 Å². The first kappa shape index (κ1) is 13.1. The number of aromatic nitrogens is 2. The average Bonchev–Trinajstić information content (AvgIpc) is 2.92. The molecule has 2 aromatic heterocycles. The van der Waals surface area contributed by atoms with Crippen LogP contribution in [0.25, 0.3) is 10.9 Å². The molecule has 3 heterocycles. The maximum Gasteiger partial charge on any atom is 0.140 e. The van der Waals surface area contributed by atoms with Crippen molar-refractivity contribution in [2.45, 2.75) is 24.9 Å². The van der Waals surface area contributed by atoms with Crippen molar-refractivity contribution in [1.29, 1.82) is 0 Å². The number of nitrogens with zero attached hydrogens (tertiary/aromatic N) is 2. The van der Waals surface area contributed by atoms with Gasteiger partial charge in [-0.15, -0.1) is 0 Å². The lowest BCUT2D eigenvalue weighted by Gasteiger charge is -2.15. The van der Waals surface area contributed by atoms with Crippen molar-refractivity contribution in [2.75, 3.05) is 6.61 Å². The highest BCUT2D eigenvalue weighted by Gasteiger charge is 2.34. The third-order valence-electron chi connectivity index (χ3n) is 3.33. The first-order valence-electron chi connectivity index (χ1n) is 5.87. The molecule has 19 heavy (non-hydrogen) atoms. The van der Waals surface area contributed by atoms with Gasteiger partial charge < -0.3 is 19.5 Å². The second kappa shape index (κ2) is 4.92. The Hall–Kier alpha value is -0.850. The average molecular weight is 303 g/mol. The maximum atomic E-state index is 9.78. The van der Waals surface area contributed by atoms with Gasteiger partial charge in [-0.25, -0.2) is 4.98 Å². The number of hydrogen-bond acceptors (Lipinski definition) is 4. The van der Waals surface area contributed by atoms with E-state index in [2.05, 4.69) is 4.98 Å². The van der Waals surface area contributed by atoms with Crippen LogP contribution in [0.3, 0.4) is 0 Å². The summed E-state index contributed by atoms with van der Waals surface area (Å²) >= 11 is 11.9. The Morgan fingerprint density at radius 1 is 1.47 bits per heavy atom. The summed E-state index contributed by atoms with van der Waals surface area (Å²) in [6.45, 7) is -0.208. The molecule has 0 aromatic carbocycles. The molecule has 5 nitrogen and oxygen atoms in total. The number of pyridine rings is 1. The fourth-order valence-corrected chi connectivity index (χ4v) is 2.87. The van der Waals surface area contributed by atoms with Gasteiger partial charge in [0.25, 0.3) is 0 Å². The minimum absolute atomic E-state index is 0.208. The lowest BCUT2D eigenvalue weighted by molar-refractivity contribution is -0.0428. The van der Waals surface area contributed by atoms with Crippen molar-refractivity contribution in [3.63, 3.8) is 0 Å². The van der Waals surface area contributed by atoms with Gasteiger partial charge in [0.2, 0.25) is 0 Å². The van der Waals surface area contributed by atoms with E-state index in [-0.39, 0.29) is 12.8 Å². The van der Waals surface area contributed by atoms with Crippen LogP contribution in [0.2, 0.25) is 10.3 Å². The third kappa shape index (κ3) is 2.22. The zero-order valence-electron chi connectivity index (χ0n) is 9.83. The summed E-state index contributed by atoms with van der Waals surface area (Å²) < 4.78 is 7.45. The number of hydrogen-bond donors (Lipinski definition) is 2. The van der Waals surface area contributed by atoms with E-state index in [1.54, 1.807) is 6.07 Å². The molecular weight excluding hydrogens is 291 g/mol. The number of aliphatic hydroxyl groups is 2. The number of rotatable bonds is 2. The first-order valence-corrected chi connectivity index (χ1v) is 6.62. The Kier molecular flexibility index (Phi) is 3.41. The van der Waals surface area contributed by atoms with E-state index in [0.29, 0.717) is 16.7 Å². The highest BCUT2D eigenvalue weighted by molar-refractivity contribution is 6.36. The molecule has 0 aliphatic carbocycles. The van der Waals surface area contributed by atoms with Crippen molar-refractivity contribution in [3.8, 4) is 0 Å². The summed E-state index contributed by atoms with van der Waals surface area (Å²) in [5.74, 6) is 0. The van der Waals surface area contributed by atoms with Crippen LogP contribution in [0.4, 0.5) is 0 Å². The highest BCUT2D eigenvalue weighted by atomic mass is 35.5. The molecule has 0 saturated carbocycles. The van der Waals surface area contributed by atoms with Gasteiger partial charge in [-0.05, 0) is 12.1 Å². The van der Waals surface area contributed by atoms with Crippen molar-refractivity contribution >= 4 is 34.1 Å². The number of fused-ring (bicyclic) bond motifs is 1. The second-order valence-corrected chi connectivity index (χ2v) is 5.25. The molecule has 1 aliphatic rings. The van der Waals surface area contributed by atoms with Gasteiger partial charge in [-0.1, -0.05) is 23.2 Å². The molecule has 2 aromatic rings. The van der Waals surface area contributed by atoms with Crippen molar-refractivity contribution < 1.29 is 14.9 Å². The molecule has 7 heteroatoms. The minimum atomic E-state index is -0.680. The molecule has 102 valence electrons. The summed E-state index contributed by atoms with van der Waals surface area (Å²) in [6, 6.07) is 3.52. The van der Waals surface area contributed by atoms with E-state index in [9.17, 15) is 5.11 Å². The van der Waals surface area contributed by atoms with Gasteiger partial charge >= 0.3 is 0 Å². The normalized spacial score (nSPS) is 27.3. The van der Waals surface area contributed by atoms with Crippen molar-refractivity contribution in [1.82, 2.24) is 9.55 Å². The molecule has 3 rings (SSSR count). The van der Waals surface area contributed by atoms with Crippen LogP contribution in [0.15, 0.2) is 18.3 Å². The van der Waals surface area contributed by atoms with Crippen LogP contribution in [0.1, 0.15) is 12.6 Å². The molecule has 0 radical (unpaired) electrons. The van der Waals surface area contributed by atoms with E-state index in [4.69, 9.17) is 33.0 Å². The topological polar surface area (TPSA) is 67.5 Å². The molecule has 0 unspecified atom stereocenters. The molecular formula is C12H12Cl2N2O3. The lowest BCUT2D eigenvalue weighted by atomic mass is 10.2. The number of halogens is 2. The fraction of sp³-hybridized carbons (Fsp3) is 0.417. The summed E-state index contributed by atoms with van der Waals surface area (Å²) in [6.07, 6.45) is 0.632. The van der Waals surface area contributed by atoms with Gasteiger partial charge in [-0.3, -0.25) is 0 Å². The molecule has 0 bridgehead atoms. The zero-order chi connectivity index (χ0) is 13.6. The Morgan fingerprint density at radius 3 is 2.95 bits per heavy atom. The number of ether oxygens (including phenoxy) is 1. The predicted molar refractivity (Wildman–Crippen MR) is 71.4 cm³/mol. The zero-order valence-corrected chi connectivity index (χ0v) is 11.3. The molecule has 0 spiro atoms. The van der Waals surface area contributed by atoms with E-state index in [0.717, 1.165) is 10.9 Å². The lowest BCUT2D eigenvalue weighted by Crippen LogP contribution is -2.24. The van der Waals surface area contributed by atoms with Crippen LogP contribution >= 0.6 is 23.2 Å². The van der Waals surface area contributed by atoms with Crippen LogP contribution in [-0.2, 0) is 4.74 Å². The summed E-state index contributed by atoms with van der Waals surface area (Å²) in [5, 5.41) is 20.3. The third-order valence-corrected chi connectivity index (χ3v) is 3.82. The van der Waals surface area contributed by atoms with E-state index in [1.165, 1.54) is 0 Å². The largest absolute Gasteiger partial charge is 0.394 e. The highest BCUT2D eigenvalue weighted by Crippen LogP contribution is 2.34. The van der Waals surface area contributed by atoms with Gasteiger partial charge in [0.1, 0.15) is 22.6 Å². The van der Waals surface area contributed by atoms with Crippen LogP contribution < -0.4 is 0 Å². The molecule has 1 fully saturated rings. The smallest absolute Gasteiger partial charge is 0.140 e.